The first-order chi connectivity index (χ1) is 13.8. The second-order valence-corrected chi connectivity index (χ2v) is 7.69. The number of hydrogen-bond donors (Lipinski definition) is 1. The normalized spacial score (nSPS) is 30.2. The zero-order valence-electron chi connectivity index (χ0n) is 15.2. The summed E-state index contributed by atoms with van der Waals surface area (Å²) in [6.07, 6.45) is -1.17. The van der Waals surface area contributed by atoms with Crippen LogP contribution in [0.2, 0.25) is 0 Å². The lowest BCUT2D eigenvalue weighted by Crippen LogP contribution is -2.43. The molecule has 1 aliphatic carbocycles. The smallest absolute Gasteiger partial charge is 0.256 e. The monoisotopic (exact) mass is 410 g/mol. The number of alkyl halides is 1. The summed E-state index contributed by atoms with van der Waals surface area (Å²) in [4.78, 5) is 27.2. The van der Waals surface area contributed by atoms with Crippen LogP contribution < -0.4 is 5.32 Å². The van der Waals surface area contributed by atoms with E-state index in [0.29, 0.717) is 19.2 Å². The maximum Gasteiger partial charge on any atom is 0.256 e. The molecule has 0 bridgehead atoms. The van der Waals surface area contributed by atoms with Crippen molar-refractivity contribution in [1.29, 1.82) is 5.26 Å². The van der Waals surface area contributed by atoms with E-state index in [-0.39, 0.29) is 43.3 Å². The molecule has 0 radical (unpaired) electrons. The lowest BCUT2D eigenvalue weighted by molar-refractivity contribution is -0.130. The summed E-state index contributed by atoms with van der Waals surface area (Å²) < 4.78 is 53.7. The van der Waals surface area contributed by atoms with Gasteiger partial charge in [0.25, 0.3) is 5.91 Å². The van der Waals surface area contributed by atoms with Gasteiger partial charge in [-0.05, 0) is 24.0 Å². The van der Waals surface area contributed by atoms with E-state index in [1.165, 1.54) is 9.80 Å². The molecule has 2 saturated heterocycles. The van der Waals surface area contributed by atoms with Gasteiger partial charge in [0, 0.05) is 25.6 Å². The largest absolute Gasteiger partial charge is 0.338 e. The molecule has 2 amide bonds. The highest BCUT2D eigenvalue weighted by Gasteiger charge is 2.56. The van der Waals surface area contributed by atoms with Gasteiger partial charge in [-0.1, -0.05) is 0 Å². The minimum Gasteiger partial charge on any atom is -0.338 e. The second-order valence-electron chi connectivity index (χ2n) is 7.69. The van der Waals surface area contributed by atoms with Crippen molar-refractivity contribution in [2.24, 2.45) is 11.8 Å². The molecular formula is C19H18F4N4O2. The van der Waals surface area contributed by atoms with Gasteiger partial charge in [0.2, 0.25) is 5.91 Å². The first-order valence-corrected chi connectivity index (χ1v) is 9.31. The van der Waals surface area contributed by atoms with E-state index in [2.05, 4.69) is 5.32 Å². The predicted molar refractivity (Wildman–Crippen MR) is 91.6 cm³/mol. The minimum absolute atomic E-state index is 0.0119. The van der Waals surface area contributed by atoms with E-state index in [0.717, 1.165) is 6.07 Å². The van der Waals surface area contributed by atoms with E-state index in [9.17, 15) is 27.2 Å². The van der Waals surface area contributed by atoms with Crippen LogP contribution >= 0.6 is 0 Å². The van der Waals surface area contributed by atoms with E-state index < -0.39 is 41.1 Å². The van der Waals surface area contributed by atoms with Crippen molar-refractivity contribution >= 4 is 11.8 Å². The number of amides is 2. The van der Waals surface area contributed by atoms with Gasteiger partial charge in [-0.2, -0.15) is 5.26 Å². The number of likely N-dealkylation sites (tertiary alicyclic amines) is 2. The number of halogens is 4. The molecule has 0 aromatic heterocycles. The fourth-order valence-corrected chi connectivity index (χ4v) is 4.35. The first-order valence-electron chi connectivity index (χ1n) is 9.31. The van der Waals surface area contributed by atoms with Crippen molar-refractivity contribution in [3.8, 4) is 6.07 Å². The average molecular weight is 410 g/mol. The molecule has 3 aliphatic rings. The maximum absolute atomic E-state index is 13.8. The molecule has 2 aliphatic heterocycles. The molecule has 4 atom stereocenters. The summed E-state index contributed by atoms with van der Waals surface area (Å²) in [5.74, 6) is -5.44. The van der Waals surface area contributed by atoms with Crippen LogP contribution in [0.25, 0.3) is 0 Å². The van der Waals surface area contributed by atoms with Gasteiger partial charge < -0.3 is 15.1 Å². The highest BCUT2D eigenvalue weighted by molar-refractivity contribution is 5.95. The van der Waals surface area contributed by atoms with E-state index >= 15 is 0 Å². The topological polar surface area (TPSA) is 76.4 Å². The van der Waals surface area contributed by atoms with Gasteiger partial charge in [-0.15, -0.1) is 0 Å². The van der Waals surface area contributed by atoms with Gasteiger partial charge in [0.1, 0.15) is 12.2 Å². The van der Waals surface area contributed by atoms with Crippen LogP contribution in [-0.2, 0) is 4.79 Å². The Kier molecular flexibility index (Phi) is 4.94. The van der Waals surface area contributed by atoms with Crippen molar-refractivity contribution in [3.05, 3.63) is 35.1 Å². The van der Waals surface area contributed by atoms with Crippen molar-refractivity contribution in [3.63, 3.8) is 0 Å². The Labute approximate surface area is 164 Å². The summed E-state index contributed by atoms with van der Waals surface area (Å²) in [5, 5.41) is 12.1. The molecule has 6 nitrogen and oxygen atoms in total. The SMILES string of the molecule is N#C[C@@H]1C[C@H](F)CN1C(=O)CNC1C2CN(C(=O)c3ccc(F)c(F)c3F)CC21. The van der Waals surface area contributed by atoms with Gasteiger partial charge in [-0.3, -0.25) is 9.59 Å². The van der Waals surface area contributed by atoms with Gasteiger partial charge in [-0.25, -0.2) is 17.6 Å². The van der Waals surface area contributed by atoms with Gasteiger partial charge in [0.15, 0.2) is 17.5 Å². The highest BCUT2D eigenvalue weighted by Crippen LogP contribution is 2.45. The number of hydrogen-bond acceptors (Lipinski definition) is 4. The molecule has 29 heavy (non-hydrogen) atoms. The Balaban J connectivity index is 1.29. The van der Waals surface area contributed by atoms with Gasteiger partial charge in [0.05, 0.1) is 24.7 Å². The first kappa shape index (κ1) is 19.6. The third kappa shape index (κ3) is 3.44. The number of carbonyl (C=O) groups is 2. The number of nitrogens with zero attached hydrogens (tertiary/aromatic N) is 3. The zero-order chi connectivity index (χ0) is 20.9. The molecule has 154 valence electrons. The van der Waals surface area contributed by atoms with E-state index in [1.807, 2.05) is 6.07 Å². The van der Waals surface area contributed by atoms with Crippen molar-refractivity contribution in [2.75, 3.05) is 26.2 Å². The molecule has 1 aromatic rings. The molecule has 1 aromatic carbocycles. The number of carbonyl (C=O) groups excluding carboxylic acids is 2. The number of nitriles is 1. The summed E-state index contributed by atoms with van der Waals surface area (Å²) >= 11 is 0. The second kappa shape index (κ2) is 7.30. The van der Waals surface area contributed by atoms with Crippen LogP contribution in [0.4, 0.5) is 17.6 Å². The Hall–Kier alpha value is -2.67. The van der Waals surface area contributed by atoms with E-state index in [4.69, 9.17) is 5.26 Å². The number of nitrogens with one attached hydrogen (secondary N) is 1. The summed E-state index contributed by atoms with van der Waals surface area (Å²) in [5.41, 5.74) is -0.512. The van der Waals surface area contributed by atoms with Crippen molar-refractivity contribution in [1.82, 2.24) is 15.1 Å². The minimum atomic E-state index is -1.67. The van der Waals surface area contributed by atoms with Crippen molar-refractivity contribution < 1.29 is 27.2 Å². The molecule has 2 heterocycles. The summed E-state index contributed by atoms with van der Waals surface area (Å²) in [6, 6.07) is 2.80. The molecular weight excluding hydrogens is 392 g/mol. The summed E-state index contributed by atoms with van der Waals surface area (Å²) in [7, 11) is 0. The summed E-state index contributed by atoms with van der Waals surface area (Å²) in [6.45, 7) is 0.502. The highest BCUT2D eigenvalue weighted by atomic mass is 19.2. The molecule has 1 saturated carbocycles. The Morgan fingerprint density at radius 3 is 2.48 bits per heavy atom. The van der Waals surface area contributed by atoms with Crippen LogP contribution in [0.3, 0.4) is 0 Å². The van der Waals surface area contributed by atoms with Crippen LogP contribution in [0.15, 0.2) is 12.1 Å². The van der Waals surface area contributed by atoms with Crippen molar-refractivity contribution in [2.45, 2.75) is 24.7 Å². The molecule has 0 spiro atoms. The average Bonchev–Trinajstić information content (AvgIpc) is 3.03. The number of fused-ring (bicyclic) bond motifs is 1. The van der Waals surface area contributed by atoms with E-state index in [1.54, 1.807) is 0 Å². The molecule has 1 N–H and O–H groups in total. The Morgan fingerprint density at radius 2 is 1.83 bits per heavy atom. The predicted octanol–water partition coefficient (Wildman–Crippen LogP) is 1.23. The molecule has 4 rings (SSSR count). The number of piperidine rings is 1. The van der Waals surface area contributed by atoms with Crippen LogP contribution in [0.5, 0.6) is 0 Å². The maximum atomic E-state index is 13.8. The molecule has 2 unspecified atom stereocenters. The lowest BCUT2D eigenvalue weighted by atomic mass is 10.1. The Morgan fingerprint density at radius 1 is 1.14 bits per heavy atom. The lowest BCUT2D eigenvalue weighted by Gasteiger charge is -2.22. The fraction of sp³-hybridized carbons (Fsp3) is 0.526. The standard InChI is InChI=1S/C19H18F4N4O2/c20-9-3-10(4-24)27(6-9)15(28)5-25-18-12-7-26(8-13(12)18)19(29)11-1-2-14(21)17(23)16(11)22/h1-2,9-10,12-13,18,25H,3,5-8H2/t9-,10-,12?,13?,18?/m0/s1. The van der Waals surface area contributed by atoms with Gasteiger partial charge >= 0.3 is 0 Å². The van der Waals surface area contributed by atoms with Crippen LogP contribution in [0, 0.1) is 40.6 Å². The third-order valence-corrected chi connectivity index (χ3v) is 5.96. The third-order valence-electron chi connectivity index (χ3n) is 5.96. The Bertz CT molecular complexity index is 893. The number of rotatable bonds is 4. The number of benzene rings is 1. The van der Waals surface area contributed by atoms with Crippen LogP contribution in [0.1, 0.15) is 16.8 Å². The zero-order valence-corrected chi connectivity index (χ0v) is 15.2. The fourth-order valence-electron chi connectivity index (χ4n) is 4.35. The molecule has 3 fully saturated rings. The van der Waals surface area contributed by atoms with Crippen LogP contribution in [-0.4, -0.2) is 66.0 Å². The quantitative estimate of drug-likeness (QED) is 0.599. The molecule has 10 heteroatoms.